The van der Waals surface area contributed by atoms with Gasteiger partial charge in [-0.05, 0) is 38.1 Å². The lowest BCUT2D eigenvalue weighted by Gasteiger charge is -2.30. The lowest BCUT2D eigenvalue weighted by atomic mass is 10.2. The Bertz CT molecular complexity index is 700. The average molecular weight is 386 g/mol. The van der Waals surface area contributed by atoms with E-state index in [1.165, 1.54) is 19.4 Å². The zero-order valence-electron chi connectivity index (χ0n) is 16.8. The van der Waals surface area contributed by atoms with Crippen molar-refractivity contribution in [3.63, 3.8) is 0 Å². The number of likely N-dealkylation sites (tertiary alicyclic amines) is 1. The molecule has 0 unspecified atom stereocenters. The molecule has 0 bridgehead atoms. The molecule has 0 radical (unpaired) electrons. The van der Waals surface area contributed by atoms with Gasteiger partial charge >= 0.3 is 0 Å². The van der Waals surface area contributed by atoms with Gasteiger partial charge in [0, 0.05) is 50.2 Å². The van der Waals surface area contributed by atoms with Crippen LogP contribution >= 0.6 is 0 Å². The lowest BCUT2D eigenvalue weighted by Crippen LogP contribution is -2.40. The molecule has 0 aliphatic carbocycles. The maximum absolute atomic E-state index is 5.61. The molecule has 2 aliphatic rings. The van der Waals surface area contributed by atoms with Crippen molar-refractivity contribution < 1.29 is 9.15 Å². The van der Waals surface area contributed by atoms with E-state index < -0.39 is 0 Å². The number of ether oxygens (including phenoxy) is 1. The molecule has 2 saturated heterocycles. The fourth-order valence-corrected chi connectivity index (χ4v) is 4.24. The minimum atomic E-state index is 0.619. The SMILES string of the molecule is CCN1CCC[C@H]1CN(Cc1cnc(N2CCOCC2)nc1)Cc1ccco1. The van der Waals surface area contributed by atoms with E-state index in [0.29, 0.717) is 6.04 Å². The number of anilines is 1. The third kappa shape index (κ3) is 4.90. The quantitative estimate of drug-likeness (QED) is 0.691. The summed E-state index contributed by atoms with van der Waals surface area (Å²) in [6, 6.07) is 4.63. The Morgan fingerprint density at radius 2 is 1.96 bits per heavy atom. The molecule has 0 amide bonds. The van der Waals surface area contributed by atoms with E-state index in [1.54, 1.807) is 6.26 Å². The van der Waals surface area contributed by atoms with Crippen LogP contribution in [0.25, 0.3) is 0 Å². The second kappa shape index (κ2) is 9.49. The second-order valence-electron chi connectivity index (χ2n) is 7.66. The molecule has 7 nitrogen and oxygen atoms in total. The van der Waals surface area contributed by atoms with E-state index in [9.17, 15) is 0 Å². The number of furan rings is 1. The highest BCUT2D eigenvalue weighted by atomic mass is 16.5. The van der Waals surface area contributed by atoms with Gasteiger partial charge in [0.25, 0.3) is 0 Å². The first-order valence-electron chi connectivity index (χ1n) is 10.4. The lowest BCUT2D eigenvalue weighted by molar-refractivity contribution is 0.122. The molecule has 2 fully saturated rings. The zero-order chi connectivity index (χ0) is 19.2. The van der Waals surface area contributed by atoms with Crippen molar-refractivity contribution in [3.05, 3.63) is 42.1 Å². The van der Waals surface area contributed by atoms with Crippen LogP contribution in [0.3, 0.4) is 0 Å². The Morgan fingerprint density at radius 1 is 1.14 bits per heavy atom. The standard InChI is InChI=1S/C21H31N5O2/c1-2-25-7-3-5-19(25)16-24(17-20-6-4-10-28-20)15-18-13-22-21(23-14-18)26-8-11-27-12-9-26/h4,6,10,13-14,19H,2-3,5,7-9,11-12,15-17H2,1H3/t19-/m0/s1. The van der Waals surface area contributed by atoms with Gasteiger partial charge in [-0.3, -0.25) is 9.80 Å². The fraction of sp³-hybridized carbons (Fsp3) is 0.619. The highest BCUT2D eigenvalue weighted by molar-refractivity contribution is 5.30. The molecule has 2 aromatic heterocycles. The van der Waals surface area contributed by atoms with Crippen LogP contribution in [0.5, 0.6) is 0 Å². The molecule has 0 aromatic carbocycles. The van der Waals surface area contributed by atoms with E-state index in [-0.39, 0.29) is 0 Å². The van der Waals surface area contributed by atoms with Crippen LogP contribution in [-0.2, 0) is 17.8 Å². The molecule has 7 heteroatoms. The topological polar surface area (TPSA) is 57.9 Å². The zero-order valence-corrected chi connectivity index (χ0v) is 16.8. The monoisotopic (exact) mass is 385 g/mol. The Hall–Kier alpha value is -1.96. The number of nitrogens with zero attached hydrogens (tertiary/aromatic N) is 5. The van der Waals surface area contributed by atoms with Crippen LogP contribution < -0.4 is 4.90 Å². The molecule has 0 spiro atoms. The number of hydrogen-bond acceptors (Lipinski definition) is 7. The van der Waals surface area contributed by atoms with E-state index in [0.717, 1.165) is 69.8 Å². The molecule has 1 atom stereocenters. The molecule has 4 heterocycles. The summed E-state index contributed by atoms with van der Waals surface area (Å²) >= 11 is 0. The molecule has 152 valence electrons. The Balaban J connectivity index is 1.42. The molecular formula is C21H31N5O2. The third-order valence-electron chi connectivity index (χ3n) is 5.73. The largest absolute Gasteiger partial charge is 0.468 e. The number of aromatic nitrogens is 2. The van der Waals surface area contributed by atoms with Crippen molar-refractivity contribution in [2.75, 3.05) is 50.8 Å². The normalized spacial score (nSPS) is 20.9. The van der Waals surface area contributed by atoms with Crippen molar-refractivity contribution in [1.82, 2.24) is 19.8 Å². The van der Waals surface area contributed by atoms with Crippen LogP contribution in [0.15, 0.2) is 35.2 Å². The number of morpholine rings is 1. The summed E-state index contributed by atoms with van der Waals surface area (Å²) in [6.45, 7) is 10.5. The van der Waals surface area contributed by atoms with Gasteiger partial charge in [0.05, 0.1) is 26.0 Å². The third-order valence-corrected chi connectivity index (χ3v) is 5.73. The summed E-state index contributed by atoms with van der Waals surface area (Å²) in [5, 5.41) is 0. The van der Waals surface area contributed by atoms with Crippen LogP contribution in [-0.4, -0.2) is 71.7 Å². The highest BCUT2D eigenvalue weighted by Crippen LogP contribution is 2.20. The average Bonchev–Trinajstić information content (AvgIpc) is 3.41. The summed E-state index contributed by atoms with van der Waals surface area (Å²) in [4.78, 5) is 16.5. The van der Waals surface area contributed by atoms with E-state index in [1.807, 2.05) is 18.5 Å². The Labute approximate surface area is 167 Å². The van der Waals surface area contributed by atoms with Gasteiger partial charge in [-0.25, -0.2) is 9.97 Å². The first kappa shape index (κ1) is 19.4. The fourth-order valence-electron chi connectivity index (χ4n) is 4.24. The number of hydrogen-bond donors (Lipinski definition) is 0. The predicted octanol–water partition coefficient (Wildman–Crippen LogP) is 2.39. The second-order valence-corrected chi connectivity index (χ2v) is 7.66. The smallest absolute Gasteiger partial charge is 0.225 e. The van der Waals surface area contributed by atoms with E-state index >= 15 is 0 Å². The van der Waals surface area contributed by atoms with Gasteiger partial charge in [0.1, 0.15) is 5.76 Å². The van der Waals surface area contributed by atoms with Crippen molar-refractivity contribution >= 4 is 5.95 Å². The summed E-state index contributed by atoms with van der Waals surface area (Å²) in [7, 11) is 0. The minimum absolute atomic E-state index is 0.619. The molecular weight excluding hydrogens is 354 g/mol. The molecule has 0 saturated carbocycles. The Kier molecular flexibility index (Phi) is 6.57. The maximum atomic E-state index is 5.61. The number of likely N-dealkylation sites (N-methyl/N-ethyl adjacent to an activating group) is 1. The summed E-state index contributed by atoms with van der Waals surface area (Å²) in [6.07, 6.45) is 8.26. The van der Waals surface area contributed by atoms with Crippen molar-refractivity contribution in [2.45, 2.75) is 38.9 Å². The van der Waals surface area contributed by atoms with Crippen molar-refractivity contribution in [1.29, 1.82) is 0 Å². The molecule has 2 aliphatic heterocycles. The predicted molar refractivity (Wildman–Crippen MR) is 108 cm³/mol. The first-order chi connectivity index (χ1) is 13.8. The van der Waals surface area contributed by atoms with Crippen LogP contribution in [0.1, 0.15) is 31.1 Å². The molecule has 2 aromatic rings. The van der Waals surface area contributed by atoms with Crippen LogP contribution in [0.4, 0.5) is 5.95 Å². The van der Waals surface area contributed by atoms with Crippen LogP contribution in [0.2, 0.25) is 0 Å². The minimum Gasteiger partial charge on any atom is -0.468 e. The number of rotatable bonds is 8. The van der Waals surface area contributed by atoms with Gasteiger partial charge < -0.3 is 14.1 Å². The van der Waals surface area contributed by atoms with Crippen molar-refractivity contribution in [3.8, 4) is 0 Å². The van der Waals surface area contributed by atoms with E-state index in [4.69, 9.17) is 9.15 Å². The molecule has 4 rings (SSSR count). The summed E-state index contributed by atoms with van der Waals surface area (Å²) < 4.78 is 11.0. The Morgan fingerprint density at radius 3 is 2.68 bits per heavy atom. The van der Waals surface area contributed by atoms with Gasteiger partial charge in [-0.2, -0.15) is 0 Å². The highest BCUT2D eigenvalue weighted by Gasteiger charge is 2.25. The molecule has 28 heavy (non-hydrogen) atoms. The first-order valence-corrected chi connectivity index (χ1v) is 10.4. The van der Waals surface area contributed by atoms with Gasteiger partial charge in [0.15, 0.2) is 0 Å². The molecule has 0 N–H and O–H groups in total. The van der Waals surface area contributed by atoms with Gasteiger partial charge in [0.2, 0.25) is 5.95 Å². The van der Waals surface area contributed by atoms with E-state index in [2.05, 4.69) is 37.7 Å². The maximum Gasteiger partial charge on any atom is 0.225 e. The van der Waals surface area contributed by atoms with Crippen molar-refractivity contribution in [2.24, 2.45) is 0 Å². The van der Waals surface area contributed by atoms with Gasteiger partial charge in [-0.15, -0.1) is 0 Å². The van der Waals surface area contributed by atoms with Gasteiger partial charge in [-0.1, -0.05) is 6.92 Å². The van der Waals surface area contributed by atoms with Crippen LogP contribution in [0, 0.1) is 0 Å². The summed E-state index contributed by atoms with van der Waals surface area (Å²) in [5.41, 5.74) is 1.14. The summed E-state index contributed by atoms with van der Waals surface area (Å²) in [5.74, 6) is 1.81.